The molecule has 2 aromatic carbocycles. The number of ether oxygens (including phenoxy) is 1. The minimum absolute atomic E-state index is 0.0829. The van der Waals surface area contributed by atoms with E-state index in [0.717, 1.165) is 46.8 Å². The third-order valence-corrected chi connectivity index (χ3v) is 8.88. The SMILES string of the molecule is Cc1ccnn1Cc1ccc2c(c1)NCc1nc(C(=O)OC(=O)c3cn4c(n3)CNc3cc(N5CCCC5)ccc3C4)cn1C2. The van der Waals surface area contributed by atoms with Crippen LogP contribution in [0.1, 0.15) is 67.9 Å². The van der Waals surface area contributed by atoms with Gasteiger partial charge < -0.3 is 29.4 Å². The van der Waals surface area contributed by atoms with Crippen molar-refractivity contribution in [2.24, 2.45) is 0 Å². The zero-order valence-corrected chi connectivity index (χ0v) is 25.0. The number of imidazole rings is 2. The number of benzene rings is 2. The van der Waals surface area contributed by atoms with Gasteiger partial charge in [-0.25, -0.2) is 19.6 Å². The van der Waals surface area contributed by atoms with E-state index in [0.29, 0.717) is 44.4 Å². The number of carbonyl (C=O) groups excluding carboxylic acids is 2. The van der Waals surface area contributed by atoms with Crippen LogP contribution in [-0.4, -0.2) is 53.9 Å². The van der Waals surface area contributed by atoms with Gasteiger partial charge in [-0.3, -0.25) is 4.68 Å². The normalized spacial score (nSPS) is 15.1. The topological polar surface area (TPSA) is 124 Å². The molecule has 0 aliphatic carbocycles. The Labute approximate surface area is 259 Å². The van der Waals surface area contributed by atoms with E-state index in [9.17, 15) is 9.59 Å². The summed E-state index contributed by atoms with van der Waals surface area (Å²) in [7, 11) is 0. The number of anilines is 3. The molecule has 12 heteroatoms. The Kier molecular flexibility index (Phi) is 6.62. The van der Waals surface area contributed by atoms with Gasteiger partial charge in [-0.1, -0.05) is 18.2 Å². The molecule has 0 spiro atoms. The minimum Gasteiger partial charge on any atom is -0.383 e. The molecule has 3 aliphatic heterocycles. The fraction of sp³-hybridized carbons (Fsp3) is 0.303. The molecule has 228 valence electrons. The number of aryl methyl sites for hydroxylation is 1. The summed E-state index contributed by atoms with van der Waals surface area (Å²) >= 11 is 0. The molecule has 45 heavy (non-hydrogen) atoms. The van der Waals surface area contributed by atoms with Crippen LogP contribution in [0, 0.1) is 6.92 Å². The van der Waals surface area contributed by atoms with Crippen LogP contribution in [0.25, 0.3) is 0 Å². The lowest BCUT2D eigenvalue weighted by atomic mass is 10.1. The van der Waals surface area contributed by atoms with E-state index in [1.54, 1.807) is 18.6 Å². The highest BCUT2D eigenvalue weighted by Gasteiger charge is 2.25. The molecule has 0 atom stereocenters. The van der Waals surface area contributed by atoms with E-state index in [1.165, 1.54) is 18.5 Å². The molecule has 8 rings (SSSR count). The summed E-state index contributed by atoms with van der Waals surface area (Å²) in [5, 5.41) is 11.3. The minimum atomic E-state index is -0.799. The van der Waals surface area contributed by atoms with E-state index in [1.807, 2.05) is 26.8 Å². The number of hydrogen-bond donors (Lipinski definition) is 2. The number of hydrogen-bond acceptors (Lipinski definition) is 9. The van der Waals surface area contributed by atoms with Crippen molar-refractivity contribution in [2.75, 3.05) is 28.6 Å². The Bertz CT molecular complexity index is 1950. The van der Waals surface area contributed by atoms with Crippen molar-refractivity contribution in [3.8, 4) is 0 Å². The quantitative estimate of drug-likeness (QED) is 0.225. The van der Waals surface area contributed by atoms with Gasteiger partial charge in [0.25, 0.3) is 0 Å². The molecule has 0 amide bonds. The van der Waals surface area contributed by atoms with Crippen LogP contribution in [0.5, 0.6) is 0 Å². The van der Waals surface area contributed by atoms with Crippen molar-refractivity contribution in [3.63, 3.8) is 0 Å². The van der Waals surface area contributed by atoms with Gasteiger partial charge in [0, 0.05) is 54.4 Å². The number of nitrogens with one attached hydrogen (secondary N) is 2. The Balaban J connectivity index is 0.932. The summed E-state index contributed by atoms with van der Waals surface area (Å²) in [4.78, 5) is 37.4. The molecular formula is C33H33N9O3. The second-order valence-electron chi connectivity index (χ2n) is 11.9. The van der Waals surface area contributed by atoms with E-state index in [-0.39, 0.29) is 11.4 Å². The predicted molar refractivity (Wildman–Crippen MR) is 167 cm³/mol. The molecule has 3 aromatic heterocycles. The second-order valence-corrected chi connectivity index (χ2v) is 11.9. The average Bonchev–Trinajstić information content (AvgIpc) is 3.84. The highest BCUT2D eigenvalue weighted by atomic mass is 16.6. The van der Waals surface area contributed by atoms with Gasteiger partial charge in [0.05, 0.1) is 32.7 Å². The van der Waals surface area contributed by atoms with Gasteiger partial charge in [0.2, 0.25) is 0 Å². The maximum Gasteiger partial charge on any atom is 0.366 e. The third kappa shape index (κ3) is 5.22. The molecule has 1 fully saturated rings. The first-order valence-electron chi connectivity index (χ1n) is 15.3. The van der Waals surface area contributed by atoms with E-state index >= 15 is 0 Å². The summed E-state index contributed by atoms with van der Waals surface area (Å²) in [6, 6.07) is 14.8. The number of nitrogens with zero attached hydrogens (tertiary/aromatic N) is 7. The molecule has 3 aliphatic rings. The maximum absolute atomic E-state index is 13.0. The fourth-order valence-corrected chi connectivity index (χ4v) is 6.37. The lowest BCUT2D eigenvalue weighted by Crippen LogP contribution is -2.17. The van der Waals surface area contributed by atoms with Crippen LogP contribution in [0.2, 0.25) is 0 Å². The van der Waals surface area contributed by atoms with Crippen molar-refractivity contribution >= 4 is 29.0 Å². The lowest BCUT2D eigenvalue weighted by molar-refractivity contribution is 0.0389. The van der Waals surface area contributed by atoms with Gasteiger partial charge in [-0.05, 0) is 60.7 Å². The van der Waals surface area contributed by atoms with Crippen LogP contribution < -0.4 is 15.5 Å². The van der Waals surface area contributed by atoms with Gasteiger partial charge in [-0.2, -0.15) is 5.10 Å². The standard InChI is InChI=1S/C33H33N9O3/c1-21-8-9-36-42(21)16-22-4-5-23-17-40-19-28(37-30(40)14-34-26(23)12-22)32(43)45-33(44)29-20-41-18-24-6-7-25(39-10-2-3-11-39)13-27(24)35-15-31(41)38-29/h4-9,12-13,19-20,34-35H,2-3,10-11,14-18H2,1H3. The Hall–Kier alpha value is -5.39. The number of esters is 2. The van der Waals surface area contributed by atoms with Crippen molar-refractivity contribution in [1.82, 2.24) is 28.9 Å². The molecule has 2 N–H and O–H groups in total. The van der Waals surface area contributed by atoms with Crippen LogP contribution in [0.3, 0.4) is 0 Å². The monoisotopic (exact) mass is 603 g/mol. The van der Waals surface area contributed by atoms with E-state index in [2.05, 4.69) is 67.0 Å². The first-order chi connectivity index (χ1) is 22.0. The largest absolute Gasteiger partial charge is 0.383 e. The molecule has 0 radical (unpaired) electrons. The van der Waals surface area contributed by atoms with Crippen LogP contribution in [0.4, 0.5) is 17.1 Å². The Morgan fingerprint density at radius 3 is 2.07 bits per heavy atom. The van der Waals surface area contributed by atoms with E-state index in [4.69, 9.17) is 4.74 Å². The third-order valence-electron chi connectivity index (χ3n) is 8.88. The highest BCUT2D eigenvalue weighted by Crippen LogP contribution is 2.30. The molecule has 6 heterocycles. The summed E-state index contributed by atoms with van der Waals surface area (Å²) in [5.41, 5.74) is 7.93. The first kappa shape index (κ1) is 27.2. The summed E-state index contributed by atoms with van der Waals surface area (Å²) < 4.78 is 11.0. The number of aromatic nitrogens is 6. The second kappa shape index (κ2) is 11.0. The molecular weight excluding hydrogens is 570 g/mol. The van der Waals surface area contributed by atoms with Crippen LogP contribution >= 0.6 is 0 Å². The summed E-state index contributed by atoms with van der Waals surface area (Å²) in [6.45, 7) is 6.90. The number of carbonyl (C=O) groups is 2. The first-order valence-corrected chi connectivity index (χ1v) is 15.3. The number of rotatable bonds is 5. The van der Waals surface area contributed by atoms with Gasteiger partial charge in [-0.15, -0.1) is 0 Å². The molecule has 12 nitrogen and oxygen atoms in total. The van der Waals surface area contributed by atoms with Crippen molar-refractivity contribution in [1.29, 1.82) is 0 Å². The van der Waals surface area contributed by atoms with E-state index < -0.39 is 11.9 Å². The highest BCUT2D eigenvalue weighted by molar-refractivity contribution is 6.00. The van der Waals surface area contributed by atoms with Gasteiger partial charge >= 0.3 is 11.9 Å². The zero-order chi connectivity index (χ0) is 30.5. The molecule has 0 bridgehead atoms. The Morgan fingerprint density at radius 2 is 1.44 bits per heavy atom. The van der Waals surface area contributed by atoms with Crippen molar-refractivity contribution in [2.45, 2.75) is 52.5 Å². The van der Waals surface area contributed by atoms with Crippen molar-refractivity contribution in [3.05, 3.63) is 106 Å². The predicted octanol–water partition coefficient (Wildman–Crippen LogP) is 4.18. The molecule has 0 saturated carbocycles. The van der Waals surface area contributed by atoms with Crippen molar-refractivity contribution < 1.29 is 14.3 Å². The Morgan fingerprint density at radius 1 is 0.822 bits per heavy atom. The average molecular weight is 604 g/mol. The van der Waals surface area contributed by atoms with Crippen LogP contribution in [0.15, 0.2) is 61.1 Å². The molecule has 0 unspecified atom stereocenters. The summed E-state index contributed by atoms with van der Waals surface area (Å²) in [6.07, 6.45) is 7.55. The molecule has 1 saturated heterocycles. The zero-order valence-electron chi connectivity index (χ0n) is 25.0. The fourth-order valence-electron chi connectivity index (χ4n) is 6.37. The van der Waals surface area contributed by atoms with Gasteiger partial charge in [0.1, 0.15) is 11.6 Å². The maximum atomic E-state index is 13.0. The van der Waals surface area contributed by atoms with Crippen LogP contribution in [-0.2, 0) is 37.5 Å². The lowest BCUT2D eigenvalue weighted by Gasteiger charge is -2.19. The summed E-state index contributed by atoms with van der Waals surface area (Å²) in [5.74, 6) is -0.209. The number of fused-ring (bicyclic) bond motifs is 4. The smallest absolute Gasteiger partial charge is 0.366 e. The van der Waals surface area contributed by atoms with Gasteiger partial charge in [0.15, 0.2) is 11.4 Å². The molecule has 5 aromatic rings.